The summed E-state index contributed by atoms with van der Waals surface area (Å²) in [6, 6.07) is 7.05. The van der Waals surface area contributed by atoms with Gasteiger partial charge in [-0.25, -0.2) is 0 Å². The molecule has 6 heteroatoms. The van der Waals surface area contributed by atoms with E-state index in [9.17, 15) is 0 Å². The standard InChI is InChI=1S/C15H22Br2N2.2ClH/c1-15(2,3)14(19-6-4-18-5-7-19)11-8-12(16)10-13(17)9-11;;/h8-10,14,18H,4-7H2,1-3H3;2*1H/t14-;;/m1../s1. The van der Waals surface area contributed by atoms with Gasteiger partial charge in [0.2, 0.25) is 0 Å². The third kappa shape index (κ3) is 6.00. The van der Waals surface area contributed by atoms with Crippen LogP contribution >= 0.6 is 56.7 Å². The van der Waals surface area contributed by atoms with Crippen molar-refractivity contribution in [2.24, 2.45) is 5.41 Å². The molecule has 0 unspecified atom stereocenters. The molecule has 1 N–H and O–H groups in total. The zero-order valence-corrected chi connectivity index (χ0v) is 17.5. The van der Waals surface area contributed by atoms with Crippen LogP contribution in [0.15, 0.2) is 27.1 Å². The first-order chi connectivity index (χ1) is 8.88. The van der Waals surface area contributed by atoms with Crippen LogP contribution < -0.4 is 5.32 Å². The molecule has 0 saturated carbocycles. The summed E-state index contributed by atoms with van der Waals surface area (Å²) in [7, 11) is 0. The fourth-order valence-electron chi connectivity index (χ4n) is 2.93. The molecule has 21 heavy (non-hydrogen) atoms. The van der Waals surface area contributed by atoms with E-state index in [-0.39, 0.29) is 30.2 Å². The zero-order chi connectivity index (χ0) is 14.0. The van der Waals surface area contributed by atoms with E-state index in [0.717, 1.165) is 35.1 Å². The van der Waals surface area contributed by atoms with E-state index in [2.05, 4.69) is 81.0 Å². The molecule has 1 aromatic rings. The van der Waals surface area contributed by atoms with E-state index >= 15 is 0 Å². The van der Waals surface area contributed by atoms with Crippen molar-refractivity contribution in [1.82, 2.24) is 10.2 Å². The van der Waals surface area contributed by atoms with Crippen LogP contribution in [0.5, 0.6) is 0 Å². The number of nitrogens with zero attached hydrogens (tertiary/aromatic N) is 1. The van der Waals surface area contributed by atoms with Gasteiger partial charge in [-0.1, -0.05) is 52.6 Å². The molecule has 0 radical (unpaired) electrons. The summed E-state index contributed by atoms with van der Waals surface area (Å²) < 4.78 is 2.28. The number of benzene rings is 1. The van der Waals surface area contributed by atoms with E-state index in [4.69, 9.17) is 0 Å². The van der Waals surface area contributed by atoms with Gasteiger partial charge in [0.05, 0.1) is 0 Å². The topological polar surface area (TPSA) is 15.3 Å². The molecular weight excluding hydrogens is 439 g/mol. The monoisotopic (exact) mass is 460 g/mol. The van der Waals surface area contributed by atoms with Crippen molar-refractivity contribution in [2.75, 3.05) is 26.2 Å². The zero-order valence-electron chi connectivity index (χ0n) is 12.7. The molecule has 1 aromatic carbocycles. The molecule has 0 spiro atoms. The number of hydrogen-bond acceptors (Lipinski definition) is 2. The Kier molecular flexibility index (Phi) is 9.39. The highest BCUT2D eigenvalue weighted by atomic mass is 79.9. The molecule has 0 bridgehead atoms. The van der Waals surface area contributed by atoms with Gasteiger partial charge in [0.25, 0.3) is 0 Å². The van der Waals surface area contributed by atoms with Crippen molar-refractivity contribution < 1.29 is 0 Å². The molecule has 0 aliphatic carbocycles. The molecular formula is C15H24Br2Cl2N2. The lowest BCUT2D eigenvalue weighted by Gasteiger charge is -2.42. The second-order valence-electron chi connectivity index (χ2n) is 6.26. The fraction of sp³-hybridized carbons (Fsp3) is 0.600. The Hall–Kier alpha value is 0.680. The largest absolute Gasteiger partial charge is 0.314 e. The Morgan fingerprint density at radius 3 is 1.90 bits per heavy atom. The molecule has 0 amide bonds. The molecule has 1 fully saturated rings. The van der Waals surface area contributed by atoms with Crippen LogP contribution in [-0.4, -0.2) is 31.1 Å². The maximum Gasteiger partial charge on any atom is 0.0398 e. The second kappa shape index (κ2) is 9.09. The van der Waals surface area contributed by atoms with Gasteiger partial charge in [-0.3, -0.25) is 4.90 Å². The summed E-state index contributed by atoms with van der Waals surface area (Å²) >= 11 is 7.22. The van der Waals surface area contributed by atoms with Gasteiger partial charge < -0.3 is 5.32 Å². The Morgan fingerprint density at radius 2 is 1.48 bits per heavy atom. The molecule has 1 atom stereocenters. The Balaban J connectivity index is 0.00000200. The minimum atomic E-state index is 0. The molecule has 0 aromatic heterocycles. The van der Waals surface area contributed by atoms with Crippen LogP contribution in [-0.2, 0) is 0 Å². The maximum atomic E-state index is 3.61. The van der Waals surface area contributed by atoms with Crippen LogP contribution in [0.3, 0.4) is 0 Å². The molecule has 1 aliphatic heterocycles. The fourth-order valence-corrected chi connectivity index (χ4v) is 4.26. The maximum absolute atomic E-state index is 3.61. The Bertz CT molecular complexity index is 424. The lowest BCUT2D eigenvalue weighted by atomic mass is 9.81. The first-order valence-corrected chi connectivity index (χ1v) is 8.37. The Labute approximate surface area is 157 Å². The molecule has 122 valence electrons. The van der Waals surface area contributed by atoms with Gasteiger partial charge in [-0.05, 0) is 29.2 Å². The summed E-state index contributed by atoms with van der Waals surface area (Å²) in [6.07, 6.45) is 0. The van der Waals surface area contributed by atoms with E-state index in [1.807, 2.05) is 0 Å². The predicted octanol–water partition coefficient (Wildman–Crippen LogP) is 5.05. The van der Waals surface area contributed by atoms with Crippen molar-refractivity contribution >= 4 is 56.7 Å². The minimum Gasteiger partial charge on any atom is -0.314 e. The molecule has 2 rings (SSSR count). The van der Waals surface area contributed by atoms with E-state index in [0.29, 0.717) is 6.04 Å². The molecule has 2 nitrogen and oxygen atoms in total. The summed E-state index contributed by atoms with van der Waals surface area (Å²) in [6.45, 7) is 11.4. The third-order valence-electron chi connectivity index (χ3n) is 3.54. The highest BCUT2D eigenvalue weighted by Gasteiger charge is 2.32. The average molecular weight is 463 g/mol. The first kappa shape index (κ1) is 21.7. The van der Waals surface area contributed by atoms with Crippen molar-refractivity contribution in [1.29, 1.82) is 0 Å². The lowest BCUT2D eigenvalue weighted by Crippen LogP contribution is -2.48. The summed E-state index contributed by atoms with van der Waals surface area (Å²) in [5, 5.41) is 3.44. The third-order valence-corrected chi connectivity index (χ3v) is 4.45. The van der Waals surface area contributed by atoms with Crippen LogP contribution in [0.1, 0.15) is 32.4 Å². The van der Waals surface area contributed by atoms with Gasteiger partial charge >= 0.3 is 0 Å². The smallest absolute Gasteiger partial charge is 0.0398 e. The minimum absolute atomic E-state index is 0. The number of rotatable bonds is 2. The highest BCUT2D eigenvalue weighted by molar-refractivity contribution is 9.11. The normalized spacial score (nSPS) is 17.6. The van der Waals surface area contributed by atoms with Crippen LogP contribution in [0, 0.1) is 5.41 Å². The Morgan fingerprint density at radius 1 is 1.00 bits per heavy atom. The van der Waals surface area contributed by atoms with Crippen molar-refractivity contribution in [2.45, 2.75) is 26.8 Å². The van der Waals surface area contributed by atoms with Crippen LogP contribution in [0.25, 0.3) is 0 Å². The predicted molar refractivity (Wildman–Crippen MR) is 103 cm³/mol. The molecule has 1 aliphatic rings. The summed E-state index contributed by atoms with van der Waals surface area (Å²) in [5.74, 6) is 0. The lowest BCUT2D eigenvalue weighted by molar-refractivity contribution is 0.0861. The van der Waals surface area contributed by atoms with Crippen LogP contribution in [0.4, 0.5) is 0 Å². The number of piperazine rings is 1. The second-order valence-corrected chi connectivity index (χ2v) is 8.09. The van der Waals surface area contributed by atoms with Gasteiger partial charge in [0.1, 0.15) is 0 Å². The number of halogens is 4. The molecule has 1 heterocycles. The van der Waals surface area contributed by atoms with Crippen molar-refractivity contribution in [3.63, 3.8) is 0 Å². The van der Waals surface area contributed by atoms with Gasteiger partial charge in [0.15, 0.2) is 0 Å². The summed E-state index contributed by atoms with van der Waals surface area (Å²) in [4.78, 5) is 2.60. The summed E-state index contributed by atoms with van der Waals surface area (Å²) in [5.41, 5.74) is 1.60. The quantitative estimate of drug-likeness (QED) is 0.661. The van der Waals surface area contributed by atoms with Gasteiger partial charge in [0, 0.05) is 41.2 Å². The first-order valence-electron chi connectivity index (χ1n) is 6.79. The molecule has 1 saturated heterocycles. The number of nitrogens with one attached hydrogen (secondary N) is 1. The van der Waals surface area contributed by atoms with E-state index in [1.54, 1.807) is 0 Å². The van der Waals surface area contributed by atoms with Crippen LogP contribution in [0.2, 0.25) is 0 Å². The SMILES string of the molecule is CC(C)(C)[C@@H](c1cc(Br)cc(Br)c1)N1CCNCC1.Cl.Cl. The van der Waals surface area contributed by atoms with Gasteiger partial charge in [-0.2, -0.15) is 0 Å². The average Bonchev–Trinajstić information content (AvgIpc) is 2.27. The highest BCUT2D eigenvalue weighted by Crippen LogP contribution is 2.39. The van der Waals surface area contributed by atoms with Crippen molar-refractivity contribution in [3.8, 4) is 0 Å². The van der Waals surface area contributed by atoms with Crippen molar-refractivity contribution in [3.05, 3.63) is 32.7 Å². The number of hydrogen-bond donors (Lipinski definition) is 1. The van der Waals surface area contributed by atoms with E-state index < -0.39 is 0 Å². The van der Waals surface area contributed by atoms with E-state index in [1.165, 1.54) is 5.56 Å². The van der Waals surface area contributed by atoms with Gasteiger partial charge in [-0.15, -0.1) is 24.8 Å².